The molecule has 0 aromatic rings. The molecular weight excluding hydrogens is 126 g/mol. The Morgan fingerprint density at radius 3 is 2.80 bits per heavy atom. The van der Waals surface area contributed by atoms with Gasteiger partial charge in [0.1, 0.15) is 0 Å². The van der Waals surface area contributed by atoms with Gasteiger partial charge in [0, 0.05) is 13.2 Å². The van der Waals surface area contributed by atoms with Crippen LogP contribution in [0.4, 0.5) is 0 Å². The van der Waals surface area contributed by atoms with E-state index in [-0.39, 0.29) is 5.60 Å². The quantitative estimate of drug-likeness (QED) is 0.541. The van der Waals surface area contributed by atoms with E-state index in [0.717, 1.165) is 19.7 Å². The molecule has 2 aliphatic rings. The first-order valence-corrected chi connectivity index (χ1v) is 4.26. The van der Waals surface area contributed by atoms with Gasteiger partial charge in [-0.25, -0.2) is 0 Å². The maximum Gasteiger partial charge on any atom is 0.0818 e. The second-order valence-electron chi connectivity index (χ2n) is 3.42. The Morgan fingerprint density at radius 1 is 1.20 bits per heavy atom. The second-order valence-corrected chi connectivity index (χ2v) is 3.42. The Kier molecular flexibility index (Phi) is 1.66. The van der Waals surface area contributed by atoms with Crippen LogP contribution in [0.15, 0.2) is 0 Å². The zero-order chi connectivity index (χ0) is 6.86. The van der Waals surface area contributed by atoms with Gasteiger partial charge in [-0.05, 0) is 32.2 Å². The molecule has 1 atom stereocenters. The summed E-state index contributed by atoms with van der Waals surface area (Å²) >= 11 is 0. The molecule has 2 rings (SSSR count). The predicted molar refractivity (Wildman–Crippen MR) is 40.0 cm³/mol. The van der Waals surface area contributed by atoms with Crippen molar-refractivity contribution in [1.82, 2.24) is 5.32 Å². The van der Waals surface area contributed by atoms with Gasteiger partial charge in [0.25, 0.3) is 0 Å². The zero-order valence-corrected chi connectivity index (χ0v) is 6.36. The third-order valence-electron chi connectivity index (χ3n) is 2.64. The summed E-state index contributed by atoms with van der Waals surface area (Å²) in [7, 11) is 0. The van der Waals surface area contributed by atoms with Crippen LogP contribution in [0.2, 0.25) is 0 Å². The second kappa shape index (κ2) is 2.51. The summed E-state index contributed by atoms with van der Waals surface area (Å²) in [6.07, 6.45) is 5.14. The molecule has 1 spiro atoms. The SMILES string of the molecule is C1CC[C@@]2(CCNC2)OC1. The number of hydrogen-bond donors (Lipinski definition) is 1. The molecule has 0 aromatic carbocycles. The molecule has 0 saturated carbocycles. The van der Waals surface area contributed by atoms with Crippen molar-refractivity contribution >= 4 is 0 Å². The van der Waals surface area contributed by atoms with Crippen LogP contribution < -0.4 is 5.32 Å². The Balaban J connectivity index is 1.98. The van der Waals surface area contributed by atoms with Gasteiger partial charge in [0.05, 0.1) is 5.60 Å². The van der Waals surface area contributed by atoms with Crippen molar-refractivity contribution in [3.8, 4) is 0 Å². The molecule has 0 aliphatic carbocycles. The zero-order valence-electron chi connectivity index (χ0n) is 6.36. The fourth-order valence-corrected chi connectivity index (χ4v) is 1.97. The van der Waals surface area contributed by atoms with Gasteiger partial charge < -0.3 is 10.1 Å². The lowest BCUT2D eigenvalue weighted by Crippen LogP contribution is -2.38. The minimum atomic E-state index is 0.262. The van der Waals surface area contributed by atoms with Gasteiger partial charge in [-0.15, -0.1) is 0 Å². The standard InChI is InChI=1S/C8H15NO/c1-2-6-10-8(3-1)4-5-9-7-8/h9H,1-7H2/t8-/m0/s1. The average molecular weight is 141 g/mol. The highest BCUT2D eigenvalue weighted by Crippen LogP contribution is 2.29. The molecule has 0 amide bonds. The molecule has 2 fully saturated rings. The molecule has 1 N–H and O–H groups in total. The van der Waals surface area contributed by atoms with E-state index in [9.17, 15) is 0 Å². The normalized spacial score (nSPS) is 40.8. The van der Waals surface area contributed by atoms with Crippen molar-refractivity contribution in [3.63, 3.8) is 0 Å². The van der Waals surface area contributed by atoms with Crippen LogP contribution in [0.1, 0.15) is 25.7 Å². The lowest BCUT2D eigenvalue weighted by Gasteiger charge is -2.32. The Hall–Kier alpha value is -0.0800. The summed E-state index contributed by atoms with van der Waals surface area (Å²) in [5, 5.41) is 3.36. The molecule has 2 heteroatoms. The fourth-order valence-electron chi connectivity index (χ4n) is 1.97. The molecule has 0 radical (unpaired) electrons. The fraction of sp³-hybridized carbons (Fsp3) is 1.00. The van der Waals surface area contributed by atoms with Crippen LogP contribution in [0.5, 0.6) is 0 Å². The summed E-state index contributed by atoms with van der Waals surface area (Å²) in [4.78, 5) is 0. The molecular formula is C8H15NO. The van der Waals surface area contributed by atoms with E-state index >= 15 is 0 Å². The van der Waals surface area contributed by atoms with E-state index in [4.69, 9.17) is 4.74 Å². The summed E-state index contributed by atoms with van der Waals surface area (Å²) in [6, 6.07) is 0. The Bertz CT molecular complexity index is 110. The molecule has 0 unspecified atom stereocenters. The molecule has 0 aromatic heterocycles. The maximum absolute atomic E-state index is 5.76. The van der Waals surface area contributed by atoms with E-state index in [0.29, 0.717) is 0 Å². The minimum Gasteiger partial charge on any atom is -0.374 e. The highest BCUT2D eigenvalue weighted by molar-refractivity contribution is 4.91. The molecule has 2 aliphatic heterocycles. The maximum atomic E-state index is 5.76. The third kappa shape index (κ3) is 1.06. The lowest BCUT2D eigenvalue weighted by molar-refractivity contribution is -0.0633. The summed E-state index contributed by atoms with van der Waals surface area (Å²) in [5.74, 6) is 0. The average Bonchev–Trinajstić information content (AvgIpc) is 2.39. The van der Waals surface area contributed by atoms with E-state index in [1.54, 1.807) is 0 Å². The van der Waals surface area contributed by atoms with E-state index < -0.39 is 0 Å². The molecule has 0 bridgehead atoms. The van der Waals surface area contributed by atoms with Crippen LogP contribution in [-0.2, 0) is 4.74 Å². The summed E-state index contributed by atoms with van der Waals surface area (Å²) < 4.78 is 5.76. The first-order valence-electron chi connectivity index (χ1n) is 4.26. The number of nitrogens with one attached hydrogen (secondary N) is 1. The highest BCUT2D eigenvalue weighted by atomic mass is 16.5. The Labute approximate surface area is 61.9 Å². The summed E-state index contributed by atoms with van der Waals surface area (Å²) in [6.45, 7) is 3.23. The van der Waals surface area contributed by atoms with Crippen molar-refractivity contribution in [2.24, 2.45) is 0 Å². The van der Waals surface area contributed by atoms with Gasteiger partial charge in [-0.3, -0.25) is 0 Å². The van der Waals surface area contributed by atoms with Crippen LogP contribution >= 0.6 is 0 Å². The first-order chi connectivity index (χ1) is 4.91. The highest BCUT2D eigenvalue weighted by Gasteiger charge is 2.35. The topological polar surface area (TPSA) is 21.3 Å². The van der Waals surface area contributed by atoms with Gasteiger partial charge in [-0.1, -0.05) is 0 Å². The largest absolute Gasteiger partial charge is 0.374 e. The van der Waals surface area contributed by atoms with Crippen molar-refractivity contribution < 1.29 is 4.74 Å². The first kappa shape index (κ1) is 6.62. The monoisotopic (exact) mass is 141 g/mol. The van der Waals surface area contributed by atoms with Gasteiger partial charge in [0.2, 0.25) is 0 Å². The third-order valence-corrected chi connectivity index (χ3v) is 2.64. The molecule has 2 heterocycles. The van der Waals surface area contributed by atoms with Gasteiger partial charge in [-0.2, -0.15) is 0 Å². The minimum absolute atomic E-state index is 0.262. The van der Waals surface area contributed by atoms with Crippen molar-refractivity contribution in [3.05, 3.63) is 0 Å². The molecule has 10 heavy (non-hydrogen) atoms. The Morgan fingerprint density at radius 2 is 2.20 bits per heavy atom. The smallest absolute Gasteiger partial charge is 0.0818 e. The van der Waals surface area contributed by atoms with Crippen LogP contribution in [0.25, 0.3) is 0 Å². The van der Waals surface area contributed by atoms with Crippen molar-refractivity contribution in [2.75, 3.05) is 19.7 Å². The molecule has 2 saturated heterocycles. The molecule has 2 nitrogen and oxygen atoms in total. The van der Waals surface area contributed by atoms with Crippen LogP contribution in [0.3, 0.4) is 0 Å². The predicted octanol–water partition coefficient (Wildman–Crippen LogP) is 0.919. The van der Waals surface area contributed by atoms with Crippen LogP contribution in [0, 0.1) is 0 Å². The van der Waals surface area contributed by atoms with E-state index in [1.807, 2.05) is 0 Å². The van der Waals surface area contributed by atoms with Crippen molar-refractivity contribution in [1.29, 1.82) is 0 Å². The number of ether oxygens (including phenoxy) is 1. The van der Waals surface area contributed by atoms with Gasteiger partial charge >= 0.3 is 0 Å². The van der Waals surface area contributed by atoms with Crippen molar-refractivity contribution in [2.45, 2.75) is 31.3 Å². The van der Waals surface area contributed by atoms with E-state index in [1.165, 1.54) is 25.7 Å². The number of hydrogen-bond acceptors (Lipinski definition) is 2. The van der Waals surface area contributed by atoms with Crippen LogP contribution in [-0.4, -0.2) is 25.3 Å². The molecule has 58 valence electrons. The number of rotatable bonds is 0. The van der Waals surface area contributed by atoms with Gasteiger partial charge in [0.15, 0.2) is 0 Å². The summed E-state index contributed by atoms with van der Waals surface area (Å²) in [5.41, 5.74) is 0.262. The lowest BCUT2D eigenvalue weighted by atomic mass is 9.93. The van der Waals surface area contributed by atoms with E-state index in [2.05, 4.69) is 5.32 Å².